The third kappa shape index (κ3) is 5.09. The molecule has 0 bridgehead atoms. The van der Waals surface area contributed by atoms with Crippen LogP contribution >= 0.6 is 0 Å². The second-order valence-electron chi connectivity index (χ2n) is 7.52. The molecule has 3 rings (SSSR count). The number of carbonyl (C=O) groups excluding carboxylic acids is 3. The Morgan fingerprint density at radius 2 is 1.55 bits per heavy atom. The maximum atomic E-state index is 12.3. The molecule has 6 heteroatoms. The molecule has 1 aliphatic heterocycles. The zero-order chi connectivity index (χ0) is 20.8. The van der Waals surface area contributed by atoms with Crippen LogP contribution in [0.5, 0.6) is 0 Å². The monoisotopic (exact) mass is 393 g/mol. The molecule has 0 aromatic heterocycles. The lowest BCUT2D eigenvalue weighted by Crippen LogP contribution is -2.41. The van der Waals surface area contributed by atoms with E-state index in [9.17, 15) is 14.4 Å². The number of imide groups is 1. The minimum atomic E-state index is -0.276. The van der Waals surface area contributed by atoms with Crippen LogP contribution in [0.15, 0.2) is 54.6 Å². The van der Waals surface area contributed by atoms with E-state index in [0.29, 0.717) is 24.1 Å². The standard InChI is InChI=1S/C23H27N3O3/c1-25(2)18(15-17-9-4-3-5-10-17)16-24-21(27)13-8-14-26-22(28)19-11-6-7-12-20(19)23(26)29/h3-7,9-12,18H,8,13-16H2,1-2H3,(H,24,27). The molecule has 1 heterocycles. The third-order valence-corrected chi connectivity index (χ3v) is 5.24. The number of hydrogen-bond donors (Lipinski definition) is 1. The van der Waals surface area contributed by atoms with Crippen molar-refractivity contribution in [1.29, 1.82) is 0 Å². The van der Waals surface area contributed by atoms with E-state index in [1.807, 2.05) is 32.3 Å². The van der Waals surface area contributed by atoms with Crippen LogP contribution in [0.2, 0.25) is 0 Å². The number of nitrogens with one attached hydrogen (secondary N) is 1. The van der Waals surface area contributed by atoms with E-state index in [-0.39, 0.29) is 36.7 Å². The smallest absolute Gasteiger partial charge is 0.261 e. The second-order valence-corrected chi connectivity index (χ2v) is 7.52. The minimum absolute atomic E-state index is 0.0680. The Morgan fingerprint density at radius 3 is 2.14 bits per heavy atom. The Hall–Kier alpha value is -2.99. The highest BCUT2D eigenvalue weighted by Gasteiger charge is 2.34. The Morgan fingerprint density at radius 1 is 0.966 bits per heavy atom. The molecule has 1 aliphatic rings. The lowest BCUT2D eigenvalue weighted by molar-refractivity contribution is -0.121. The number of likely N-dealkylation sites (N-methyl/N-ethyl adjacent to an activating group) is 1. The van der Waals surface area contributed by atoms with Gasteiger partial charge in [-0.15, -0.1) is 0 Å². The molecular formula is C23H27N3O3. The van der Waals surface area contributed by atoms with Crippen molar-refractivity contribution in [3.05, 3.63) is 71.3 Å². The maximum absolute atomic E-state index is 12.3. The first-order valence-electron chi connectivity index (χ1n) is 9.89. The van der Waals surface area contributed by atoms with Gasteiger partial charge in [0.2, 0.25) is 5.91 Å². The largest absolute Gasteiger partial charge is 0.355 e. The predicted molar refractivity (Wildman–Crippen MR) is 112 cm³/mol. The van der Waals surface area contributed by atoms with E-state index < -0.39 is 0 Å². The van der Waals surface area contributed by atoms with Crippen LogP contribution in [-0.4, -0.2) is 60.7 Å². The Kier molecular flexibility index (Phi) is 6.77. The molecule has 0 saturated heterocycles. The number of amides is 3. The van der Waals surface area contributed by atoms with Crippen molar-refractivity contribution >= 4 is 17.7 Å². The van der Waals surface area contributed by atoms with E-state index in [4.69, 9.17) is 0 Å². The SMILES string of the molecule is CN(C)C(CNC(=O)CCCN1C(=O)c2ccccc2C1=O)Cc1ccccc1. The van der Waals surface area contributed by atoms with Gasteiger partial charge in [-0.2, -0.15) is 0 Å². The van der Waals surface area contributed by atoms with Gasteiger partial charge in [-0.1, -0.05) is 42.5 Å². The summed E-state index contributed by atoms with van der Waals surface area (Å²) in [7, 11) is 4.00. The fourth-order valence-electron chi connectivity index (χ4n) is 3.48. The average molecular weight is 393 g/mol. The Balaban J connectivity index is 1.44. The zero-order valence-electron chi connectivity index (χ0n) is 16.9. The fourth-order valence-corrected chi connectivity index (χ4v) is 3.48. The number of fused-ring (bicyclic) bond motifs is 1. The van der Waals surface area contributed by atoms with Crippen molar-refractivity contribution < 1.29 is 14.4 Å². The third-order valence-electron chi connectivity index (χ3n) is 5.24. The second kappa shape index (κ2) is 9.47. The molecule has 0 fully saturated rings. The first kappa shape index (κ1) is 20.7. The molecule has 1 N–H and O–H groups in total. The first-order valence-corrected chi connectivity index (χ1v) is 9.89. The molecular weight excluding hydrogens is 366 g/mol. The molecule has 3 amide bonds. The topological polar surface area (TPSA) is 69.7 Å². The molecule has 1 atom stereocenters. The molecule has 152 valence electrons. The number of carbonyl (C=O) groups is 3. The highest BCUT2D eigenvalue weighted by atomic mass is 16.2. The van der Waals surface area contributed by atoms with Gasteiger partial charge in [0.15, 0.2) is 0 Å². The summed E-state index contributed by atoms with van der Waals surface area (Å²) in [6, 6.07) is 17.2. The highest BCUT2D eigenvalue weighted by molar-refractivity contribution is 6.21. The quantitative estimate of drug-likeness (QED) is 0.664. The van der Waals surface area contributed by atoms with Gasteiger partial charge >= 0.3 is 0 Å². The van der Waals surface area contributed by atoms with Crippen molar-refractivity contribution in [2.24, 2.45) is 0 Å². The van der Waals surface area contributed by atoms with Gasteiger partial charge in [0.25, 0.3) is 11.8 Å². The summed E-state index contributed by atoms with van der Waals surface area (Å²) < 4.78 is 0. The number of benzene rings is 2. The van der Waals surface area contributed by atoms with Gasteiger partial charge in [-0.25, -0.2) is 0 Å². The lowest BCUT2D eigenvalue weighted by Gasteiger charge is -2.25. The minimum Gasteiger partial charge on any atom is -0.355 e. The molecule has 29 heavy (non-hydrogen) atoms. The molecule has 6 nitrogen and oxygen atoms in total. The van der Waals surface area contributed by atoms with E-state index in [1.165, 1.54) is 10.5 Å². The number of nitrogens with zero attached hydrogens (tertiary/aromatic N) is 2. The number of hydrogen-bond acceptors (Lipinski definition) is 4. The highest BCUT2D eigenvalue weighted by Crippen LogP contribution is 2.22. The molecule has 0 saturated carbocycles. The summed E-state index contributed by atoms with van der Waals surface area (Å²) in [4.78, 5) is 40.3. The van der Waals surface area contributed by atoms with Crippen LogP contribution < -0.4 is 5.32 Å². The molecule has 1 unspecified atom stereocenters. The van der Waals surface area contributed by atoms with Gasteiger partial charge in [0, 0.05) is 25.6 Å². The summed E-state index contributed by atoms with van der Waals surface area (Å²) in [6.45, 7) is 0.800. The molecule has 0 aliphatic carbocycles. The van der Waals surface area contributed by atoms with Crippen molar-refractivity contribution in [3.8, 4) is 0 Å². The van der Waals surface area contributed by atoms with Gasteiger partial charge < -0.3 is 10.2 Å². The summed E-state index contributed by atoms with van der Waals surface area (Å²) >= 11 is 0. The van der Waals surface area contributed by atoms with Crippen LogP contribution in [-0.2, 0) is 11.2 Å². The average Bonchev–Trinajstić information content (AvgIpc) is 2.97. The van der Waals surface area contributed by atoms with E-state index in [2.05, 4.69) is 22.3 Å². The van der Waals surface area contributed by atoms with E-state index in [0.717, 1.165) is 6.42 Å². The summed E-state index contributed by atoms with van der Waals surface area (Å²) in [5.74, 6) is -0.621. The van der Waals surface area contributed by atoms with Crippen molar-refractivity contribution in [1.82, 2.24) is 15.1 Å². The summed E-state index contributed by atoms with van der Waals surface area (Å²) in [5, 5.41) is 2.98. The van der Waals surface area contributed by atoms with Crippen LogP contribution in [0.3, 0.4) is 0 Å². The summed E-state index contributed by atoms with van der Waals surface area (Å²) in [6.07, 6.45) is 1.57. The van der Waals surface area contributed by atoms with Crippen LogP contribution in [0.25, 0.3) is 0 Å². The van der Waals surface area contributed by atoms with Crippen LogP contribution in [0.4, 0.5) is 0 Å². The van der Waals surface area contributed by atoms with Crippen LogP contribution in [0, 0.1) is 0 Å². The molecule has 0 spiro atoms. The first-order chi connectivity index (χ1) is 14.0. The van der Waals surface area contributed by atoms with Crippen molar-refractivity contribution in [2.45, 2.75) is 25.3 Å². The molecule has 2 aromatic carbocycles. The molecule has 2 aromatic rings. The fraction of sp³-hybridized carbons (Fsp3) is 0.348. The van der Waals surface area contributed by atoms with Gasteiger partial charge in [0.1, 0.15) is 0 Å². The number of rotatable bonds is 9. The van der Waals surface area contributed by atoms with Gasteiger partial charge in [-0.3, -0.25) is 19.3 Å². The Bertz CT molecular complexity index is 845. The summed E-state index contributed by atoms with van der Waals surface area (Å²) in [5.41, 5.74) is 2.11. The van der Waals surface area contributed by atoms with E-state index >= 15 is 0 Å². The zero-order valence-corrected chi connectivity index (χ0v) is 16.9. The van der Waals surface area contributed by atoms with Gasteiger partial charge in [-0.05, 0) is 44.6 Å². The maximum Gasteiger partial charge on any atom is 0.261 e. The van der Waals surface area contributed by atoms with Crippen LogP contribution in [0.1, 0.15) is 39.1 Å². The Labute approximate surface area is 171 Å². The van der Waals surface area contributed by atoms with E-state index in [1.54, 1.807) is 24.3 Å². The normalized spacial score (nSPS) is 14.2. The van der Waals surface area contributed by atoms with Gasteiger partial charge in [0.05, 0.1) is 11.1 Å². The predicted octanol–water partition coefficient (Wildman–Crippen LogP) is 2.35. The van der Waals surface area contributed by atoms with Crippen molar-refractivity contribution in [2.75, 3.05) is 27.2 Å². The lowest BCUT2D eigenvalue weighted by atomic mass is 10.1. The molecule has 0 radical (unpaired) electrons. The van der Waals surface area contributed by atoms with Crippen molar-refractivity contribution in [3.63, 3.8) is 0 Å².